The van der Waals surface area contributed by atoms with Gasteiger partial charge in [0.1, 0.15) is 11.2 Å². The summed E-state index contributed by atoms with van der Waals surface area (Å²) in [6.45, 7) is 4.92. The molecule has 1 aromatic carbocycles. The number of nitrogens with one attached hydrogen (secondary N) is 3. The molecule has 5 aromatic rings. The number of amides is 1. The number of aromatic amines is 2. The highest BCUT2D eigenvalue weighted by Crippen LogP contribution is 2.32. The number of nitrogens with zero attached hydrogens (tertiary/aromatic N) is 5. The average molecular weight is 469 g/mol. The summed E-state index contributed by atoms with van der Waals surface area (Å²) >= 11 is 0. The number of morpholine rings is 1. The van der Waals surface area contributed by atoms with E-state index < -0.39 is 0 Å². The number of para-hydroxylation sites is 1. The van der Waals surface area contributed by atoms with Gasteiger partial charge in [0, 0.05) is 43.0 Å². The highest BCUT2D eigenvalue weighted by Gasteiger charge is 2.19. The molecule has 0 bridgehead atoms. The number of ether oxygens (including phenoxy) is 1. The Balaban J connectivity index is 1.39. The molecule has 1 aliphatic rings. The van der Waals surface area contributed by atoms with Crippen molar-refractivity contribution in [1.29, 1.82) is 0 Å². The van der Waals surface area contributed by atoms with Gasteiger partial charge in [-0.3, -0.25) is 14.9 Å². The van der Waals surface area contributed by atoms with Gasteiger partial charge >= 0.3 is 0 Å². The van der Waals surface area contributed by atoms with Crippen molar-refractivity contribution >= 4 is 39.3 Å². The van der Waals surface area contributed by atoms with Crippen LogP contribution in [0.2, 0.25) is 0 Å². The van der Waals surface area contributed by atoms with E-state index in [2.05, 4.69) is 41.4 Å². The maximum Gasteiger partial charge on any atom is 0.224 e. The summed E-state index contributed by atoms with van der Waals surface area (Å²) in [7, 11) is 0. The van der Waals surface area contributed by atoms with Crippen molar-refractivity contribution < 1.29 is 9.53 Å². The van der Waals surface area contributed by atoms with Crippen LogP contribution in [0, 0.1) is 0 Å². The number of fused-ring (bicyclic) bond motifs is 2. The third-order valence-corrected chi connectivity index (χ3v) is 6.17. The molecule has 6 rings (SSSR count). The first-order valence-electron chi connectivity index (χ1n) is 11.6. The quantitative estimate of drug-likeness (QED) is 0.359. The summed E-state index contributed by atoms with van der Waals surface area (Å²) < 4.78 is 5.51. The number of carbonyl (C=O) groups excluding carboxylic acids is 1. The first-order valence-corrected chi connectivity index (χ1v) is 11.6. The van der Waals surface area contributed by atoms with E-state index in [0.717, 1.165) is 52.0 Å². The normalized spacial score (nSPS) is 14.0. The lowest BCUT2D eigenvalue weighted by atomic mass is 10.1. The average Bonchev–Trinajstić information content (AvgIpc) is 3.53. The number of imidazole rings is 1. The van der Waals surface area contributed by atoms with Gasteiger partial charge < -0.3 is 19.9 Å². The lowest BCUT2D eigenvalue weighted by molar-refractivity contribution is -0.115. The lowest BCUT2D eigenvalue weighted by Gasteiger charge is -2.28. The van der Waals surface area contributed by atoms with Crippen LogP contribution in [-0.2, 0) is 9.53 Å². The van der Waals surface area contributed by atoms with Crippen molar-refractivity contribution in [2.75, 3.05) is 36.5 Å². The van der Waals surface area contributed by atoms with E-state index in [0.29, 0.717) is 36.8 Å². The van der Waals surface area contributed by atoms with Gasteiger partial charge in [0.25, 0.3) is 0 Å². The Morgan fingerprint density at radius 3 is 2.86 bits per heavy atom. The van der Waals surface area contributed by atoms with Crippen molar-refractivity contribution in [3.8, 4) is 22.6 Å². The molecule has 10 heteroatoms. The minimum absolute atomic E-state index is 0.0593. The zero-order valence-corrected chi connectivity index (χ0v) is 19.2. The summed E-state index contributed by atoms with van der Waals surface area (Å²) in [5.74, 6) is 0.639. The first kappa shape index (κ1) is 21.2. The van der Waals surface area contributed by atoms with Crippen LogP contribution in [0.1, 0.15) is 13.3 Å². The van der Waals surface area contributed by atoms with Gasteiger partial charge in [-0.25, -0.2) is 9.97 Å². The monoisotopic (exact) mass is 468 g/mol. The van der Waals surface area contributed by atoms with Crippen LogP contribution in [0.15, 0.2) is 48.9 Å². The van der Waals surface area contributed by atoms with Gasteiger partial charge in [-0.1, -0.05) is 13.0 Å². The Hall–Kier alpha value is -4.31. The minimum atomic E-state index is -0.0593. The predicted molar refractivity (Wildman–Crippen MR) is 134 cm³/mol. The maximum absolute atomic E-state index is 11.8. The SMILES string of the molecule is CCC(=O)Nc1cncc(-c2cnc3n[nH]c(-c4nc5c(N6CCOCC6)cccc5[nH]4)c3c2)c1. The molecular formula is C25H24N8O2. The van der Waals surface area contributed by atoms with E-state index in [4.69, 9.17) is 9.72 Å². The second-order valence-corrected chi connectivity index (χ2v) is 8.42. The molecule has 1 amide bonds. The summed E-state index contributed by atoms with van der Waals surface area (Å²) in [5.41, 5.74) is 6.69. The lowest BCUT2D eigenvalue weighted by Crippen LogP contribution is -2.36. The number of anilines is 2. The molecule has 10 nitrogen and oxygen atoms in total. The second-order valence-electron chi connectivity index (χ2n) is 8.42. The van der Waals surface area contributed by atoms with Crippen LogP contribution in [-0.4, -0.2) is 62.3 Å². The Morgan fingerprint density at radius 1 is 1.14 bits per heavy atom. The standard InChI is InChI=1S/C25H24N8O2/c1-2-21(34)28-17-10-15(12-26-14-17)16-11-18-22(31-32-24(18)27-13-16)25-29-19-4-3-5-20(23(19)30-25)33-6-8-35-9-7-33/h3-5,10-14H,2,6-9H2,1H3,(H,28,34)(H,29,30)(H,27,31,32). The molecule has 4 aromatic heterocycles. The zero-order valence-electron chi connectivity index (χ0n) is 19.2. The van der Waals surface area contributed by atoms with Gasteiger partial charge in [-0.2, -0.15) is 5.10 Å². The first-order chi connectivity index (χ1) is 17.2. The molecule has 176 valence electrons. The van der Waals surface area contributed by atoms with Crippen LogP contribution < -0.4 is 10.2 Å². The maximum atomic E-state index is 11.8. The molecule has 1 saturated heterocycles. The topological polar surface area (TPSA) is 125 Å². The Bertz CT molecular complexity index is 1530. The van der Waals surface area contributed by atoms with Crippen LogP contribution in [0.4, 0.5) is 11.4 Å². The van der Waals surface area contributed by atoms with Crippen LogP contribution in [0.25, 0.3) is 44.7 Å². The number of carbonyl (C=O) groups is 1. The molecule has 0 saturated carbocycles. The fourth-order valence-corrected chi connectivity index (χ4v) is 4.35. The van der Waals surface area contributed by atoms with Crippen LogP contribution in [0.3, 0.4) is 0 Å². The van der Waals surface area contributed by atoms with Gasteiger partial charge in [-0.15, -0.1) is 0 Å². The Morgan fingerprint density at radius 2 is 2.00 bits per heavy atom. The van der Waals surface area contributed by atoms with E-state index >= 15 is 0 Å². The Labute approximate surface area is 200 Å². The van der Waals surface area contributed by atoms with E-state index in [1.54, 1.807) is 18.6 Å². The molecule has 35 heavy (non-hydrogen) atoms. The molecule has 0 spiro atoms. The highest BCUT2D eigenvalue weighted by atomic mass is 16.5. The smallest absolute Gasteiger partial charge is 0.224 e. The van der Waals surface area contributed by atoms with Crippen molar-refractivity contribution in [2.45, 2.75) is 13.3 Å². The van der Waals surface area contributed by atoms with E-state index in [1.165, 1.54) is 0 Å². The van der Waals surface area contributed by atoms with Crippen molar-refractivity contribution in [1.82, 2.24) is 30.1 Å². The molecule has 0 aliphatic carbocycles. The van der Waals surface area contributed by atoms with Crippen LogP contribution >= 0.6 is 0 Å². The van der Waals surface area contributed by atoms with Gasteiger partial charge in [-0.05, 0) is 24.3 Å². The number of H-pyrrole nitrogens is 2. The third-order valence-electron chi connectivity index (χ3n) is 6.17. The zero-order chi connectivity index (χ0) is 23.8. The number of benzene rings is 1. The molecule has 0 radical (unpaired) electrons. The highest BCUT2D eigenvalue weighted by molar-refractivity contribution is 5.96. The predicted octanol–water partition coefficient (Wildman–Crippen LogP) is 3.75. The summed E-state index contributed by atoms with van der Waals surface area (Å²) in [5, 5.41) is 11.2. The number of hydrogen-bond donors (Lipinski definition) is 3. The van der Waals surface area contributed by atoms with Gasteiger partial charge in [0.15, 0.2) is 11.5 Å². The van der Waals surface area contributed by atoms with Gasteiger partial charge in [0.05, 0.1) is 41.7 Å². The van der Waals surface area contributed by atoms with E-state index in [-0.39, 0.29) is 5.91 Å². The Kier molecular flexibility index (Phi) is 5.34. The van der Waals surface area contributed by atoms with E-state index in [9.17, 15) is 4.79 Å². The fourth-order valence-electron chi connectivity index (χ4n) is 4.35. The van der Waals surface area contributed by atoms with Crippen molar-refractivity contribution in [3.05, 3.63) is 48.9 Å². The number of aromatic nitrogens is 6. The molecule has 3 N–H and O–H groups in total. The third kappa shape index (κ3) is 3.97. The molecular weight excluding hydrogens is 444 g/mol. The number of rotatable bonds is 5. The molecule has 0 unspecified atom stereocenters. The molecule has 5 heterocycles. The van der Waals surface area contributed by atoms with Crippen molar-refractivity contribution in [2.24, 2.45) is 0 Å². The summed E-state index contributed by atoms with van der Waals surface area (Å²) in [6, 6.07) is 10.1. The molecule has 1 fully saturated rings. The minimum Gasteiger partial charge on any atom is -0.378 e. The molecule has 1 aliphatic heterocycles. The van der Waals surface area contributed by atoms with Gasteiger partial charge in [0.2, 0.25) is 5.91 Å². The summed E-state index contributed by atoms with van der Waals surface area (Å²) in [6.07, 6.45) is 5.54. The number of hydrogen-bond acceptors (Lipinski definition) is 7. The second kappa shape index (κ2) is 8.80. The van der Waals surface area contributed by atoms with E-state index in [1.807, 2.05) is 31.2 Å². The van der Waals surface area contributed by atoms with Crippen LogP contribution in [0.5, 0.6) is 0 Å². The molecule has 0 atom stereocenters. The largest absolute Gasteiger partial charge is 0.378 e. The fraction of sp³-hybridized carbons (Fsp3) is 0.240. The van der Waals surface area contributed by atoms with Crippen molar-refractivity contribution in [3.63, 3.8) is 0 Å². The number of pyridine rings is 2. The summed E-state index contributed by atoms with van der Waals surface area (Å²) in [4.78, 5) is 31.3.